The summed E-state index contributed by atoms with van der Waals surface area (Å²) < 4.78 is 12.5. The first kappa shape index (κ1) is 26.4. The Morgan fingerprint density at radius 2 is 1.85 bits per heavy atom. The van der Waals surface area contributed by atoms with Crippen molar-refractivity contribution in [2.24, 2.45) is 5.41 Å². The third-order valence-electron chi connectivity index (χ3n) is 4.91. The summed E-state index contributed by atoms with van der Waals surface area (Å²) in [4.78, 5) is 24.0. The summed E-state index contributed by atoms with van der Waals surface area (Å²) in [6.07, 6.45) is 2.64. The van der Waals surface area contributed by atoms with E-state index in [2.05, 4.69) is 21.2 Å². The Morgan fingerprint density at radius 3 is 2.52 bits per heavy atom. The molecule has 4 N–H and O–H groups in total. The molecule has 1 atom stereocenters. The molecule has 0 saturated carbocycles. The Labute approximate surface area is 201 Å². The standard InChI is InChI=1S/C24H29BrN2O6/c1-24(2,14-6-5-9-21(29)27-31)22(19-7-3-4-8-20(19)32-16-15-28)33-23(30)26-18-12-10-17(25)11-13-18/h3-5,7-13,22,28,31H,6,14-16H2,1-2H3,(H,26,30)(H,27,29)/b9-5+/t22-/m0/s1. The fraction of sp³-hybridized carbons (Fsp3) is 0.333. The van der Waals surface area contributed by atoms with Gasteiger partial charge in [0.05, 0.1) is 6.61 Å². The number of anilines is 1. The van der Waals surface area contributed by atoms with Crippen molar-refractivity contribution in [3.63, 3.8) is 0 Å². The fourth-order valence-electron chi connectivity index (χ4n) is 3.23. The minimum Gasteiger partial charge on any atom is -0.491 e. The molecule has 0 aliphatic heterocycles. The molecule has 9 heteroatoms. The molecule has 2 aromatic rings. The monoisotopic (exact) mass is 520 g/mol. The minimum atomic E-state index is -0.692. The highest BCUT2D eigenvalue weighted by atomic mass is 79.9. The molecule has 0 aliphatic rings. The quantitative estimate of drug-likeness (QED) is 0.188. The van der Waals surface area contributed by atoms with E-state index in [0.717, 1.165) is 4.47 Å². The maximum Gasteiger partial charge on any atom is 0.412 e. The molecule has 2 rings (SSSR count). The van der Waals surface area contributed by atoms with E-state index in [1.165, 1.54) is 6.08 Å². The van der Waals surface area contributed by atoms with E-state index >= 15 is 0 Å². The third kappa shape index (κ3) is 8.53. The van der Waals surface area contributed by atoms with Crippen LogP contribution < -0.4 is 15.5 Å². The van der Waals surface area contributed by atoms with Crippen LogP contribution in [0.3, 0.4) is 0 Å². The molecule has 0 aliphatic carbocycles. The van der Waals surface area contributed by atoms with E-state index in [1.807, 2.05) is 38.1 Å². The van der Waals surface area contributed by atoms with Crippen LogP contribution >= 0.6 is 15.9 Å². The first-order chi connectivity index (χ1) is 15.8. The van der Waals surface area contributed by atoms with Crippen molar-refractivity contribution < 1.29 is 29.4 Å². The van der Waals surface area contributed by atoms with Crippen molar-refractivity contribution in [1.29, 1.82) is 0 Å². The van der Waals surface area contributed by atoms with Gasteiger partial charge in [-0.1, -0.05) is 54.1 Å². The summed E-state index contributed by atoms with van der Waals surface area (Å²) in [7, 11) is 0. The topological polar surface area (TPSA) is 117 Å². The van der Waals surface area contributed by atoms with Crippen LogP contribution in [-0.2, 0) is 9.53 Å². The fourth-order valence-corrected chi connectivity index (χ4v) is 3.49. The van der Waals surface area contributed by atoms with Crippen LogP contribution in [0.2, 0.25) is 0 Å². The van der Waals surface area contributed by atoms with Crippen LogP contribution in [0.1, 0.15) is 38.4 Å². The molecule has 8 nitrogen and oxygen atoms in total. The molecule has 0 bridgehead atoms. The lowest BCUT2D eigenvalue weighted by atomic mass is 9.78. The molecule has 33 heavy (non-hydrogen) atoms. The van der Waals surface area contributed by atoms with Gasteiger partial charge in [0, 0.05) is 27.2 Å². The summed E-state index contributed by atoms with van der Waals surface area (Å²) in [5.41, 5.74) is 2.24. The van der Waals surface area contributed by atoms with Gasteiger partial charge >= 0.3 is 6.09 Å². The van der Waals surface area contributed by atoms with Crippen molar-refractivity contribution in [2.75, 3.05) is 18.5 Å². The van der Waals surface area contributed by atoms with Crippen molar-refractivity contribution >= 4 is 33.6 Å². The highest BCUT2D eigenvalue weighted by molar-refractivity contribution is 9.10. The molecule has 0 unspecified atom stereocenters. The van der Waals surface area contributed by atoms with E-state index in [-0.39, 0.29) is 13.2 Å². The van der Waals surface area contributed by atoms with Gasteiger partial charge in [0.1, 0.15) is 18.5 Å². The van der Waals surface area contributed by atoms with E-state index in [9.17, 15) is 14.7 Å². The summed E-state index contributed by atoms with van der Waals surface area (Å²) in [6, 6.07) is 14.3. The molecule has 0 fully saturated rings. The Balaban J connectivity index is 2.27. The number of allylic oxidation sites excluding steroid dienone is 1. The lowest BCUT2D eigenvalue weighted by Crippen LogP contribution is -2.29. The van der Waals surface area contributed by atoms with Crippen LogP contribution in [0.15, 0.2) is 65.2 Å². The van der Waals surface area contributed by atoms with E-state index in [0.29, 0.717) is 29.8 Å². The highest BCUT2D eigenvalue weighted by Crippen LogP contribution is 2.44. The molecule has 0 aromatic heterocycles. The smallest absolute Gasteiger partial charge is 0.412 e. The number of halogens is 1. The number of carbonyl (C=O) groups excluding carboxylic acids is 2. The van der Waals surface area contributed by atoms with Crippen molar-refractivity contribution in [3.8, 4) is 5.75 Å². The summed E-state index contributed by atoms with van der Waals surface area (Å²) in [6.45, 7) is 3.86. The average molecular weight is 521 g/mol. The molecule has 178 valence electrons. The second-order valence-corrected chi connectivity index (χ2v) is 8.85. The van der Waals surface area contributed by atoms with Gasteiger partial charge in [0.25, 0.3) is 5.91 Å². The van der Waals surface area contributed by atoms with Gasteiger partial charge < -0.3 is 14.6 Å². The van der Waals surface area contributed by atoms with Gasteiger partial charge in [0.2, 0.25) is 0 Å². The van der Waals surface area contributed by atoms with E-state index < -0.39 is 23.5 Å². The predicted molar refractivity (Wildman–Crippen MR) is 128 cm³/mol. The molecule has 0 heterocycles. The Hall–Kier alpha value is -2.88. The number of hydroxylamine groups is 1. The normalized spacial score (nSPS) is 12.3. The number of benzene rings is 2. The van der Waals surface area contributed by atoms with Gasteiger partial charge in [-0.3, -0.25) is 15.3 Å². The number of carbonyl (C=O) groups is 2. The van der Waals surface area contributed by atoms with Gasteiger partial charge in [-0.05, 0) is 43.2 Å². The van der Waals surface area contributed by atoms with Crippen LogP contribution in [0.4, 0.5) is 10.5 Å². The molecule has 0 saturated heterocycles. The maximum atomic E-state index is 12.8. The molecule has 2 amide bonds. The summed E-state index contributed by atoms with van der Waals surface area (Å²) >= 11 is 3.36. The SMILES string of the molecule is CC(C)(CC/C=C/C(=O)NO)[C@@H](OC(=O)Nc1ccc(Br)cc1)c1ccccc1OCCO. The molecule has 0 radical (unpaired) electrons. The zero-order valence-electron chi connectivity index (χ0n) is 18.6. The van der Waals surface area contributed by atoms with Gasteiger partial charge in [-0.15, -0.1) is 0 Å². The minimum absolute atomic E-state index is 0.105. The zero-order valence-corrected chi connectivity index (χ0v) is 20.2. The Bertz CT molecular complexity index is 946. The number of hydrogen-bond acceptors (Lipinski definition) is 6. The van der Waals surface area contributed by atoms with Gasteiger partial charge in [-0.2, -0.15) is 0 Å². The summed E-state index contributed by atoms with van der Waals surface area (Å²) in [5.74, 6) is -0.103. The van der Waals surface area contributed by atoms with Crippen molar-refractivity contribution in [3.05, 3.63) is 70.7 Å². The first-order valence-corrected chi connectivity index (χ1v) is 11.2. The largest absolute Gasteiger partial charge is 0.491 e. The van der Waals surface area contributed by atoms with Crippen LogP contribution in [0, 0.1) is 5.41 Å². The highest BCUT2D eigenvalue weighted by Gasteiger charge is 2.35. The maximum absolute atomic E-state index is 12.8. The predicted octanol–water partition coefficient (Wildman–Crippen LogP) is 4.98. The number of aliphatic hydroxyl groups excluding tert-OH is 1. The lowest BCUT2D eigenvalue weighted by molar-refractivity contribution is -0.124. The van der Waals surface area contributed by atoms with Crippen molar-refractivity contribution in [1.82, 2.24) is 5.48 Å². The molecular weight excluding hydrogens is 492 g/mol. The lowest BCUT2D eigenvalue weighted by Gasteiger charge is -2.35. The number of hydrogen-bond donors (Lipinski definition) is 4. The van der Waals surface area contributed by atoms with Crippen LogP contribution in [0.25, 0.3) is 0 Å². The third-order valence-corrected chi connectivity index (χ3v) is 5.44. The first-order valence-electron chi connectivity index (χ1n) is 10.4. The second kappa shape index (κ2) is 13.0. The molecule has 0 spiro atoms. The number of rotatable bonds is 11. The molecule has 2 aromatic carbocycles. The number of para-hydroxylation sites is 1. The van der Waals surface area contributed by atoms with Crippen LogP contribution in [-0.4, -0.2) is 35.5 Å². The van der Waals surface area contributed by atoms with Gasteiger partial charge in [-0.25, -0.2) is 10.3 Å². The second-order valence-electron chi connectivity index (χ2n) is 7.93. The van der Waals surface area contributed by atoms with E-state index in [1.54, 1.807) is 35.8 Å². The van der Waals surface area contributed by atoms with E-state index in [4.69, 9.17) is 14.7 Å². The van der Waals surface area contributed by atoms with Crippen molar-refractivity contribution in [2.45, 2.75) is 32.8 Å². The number of nitrogens with one attached hydrogen (secondary N) is 2. The Kier molecular flexibility index (Phi) is 10.4. The zero-order chi connectivity index (χ0) is 24.3. The Morgan fingerprint density at radius 1 is 1.15 bits per heavy atom. The number of amides is 2. The number of aliphatic hydroxyl groups is 1. The summed E-state index contributed by atoms with van der Waals surface area (Å²) in [5, 5.41) is 20.5. The average Bonchev–Trinajstić information content (AvgIpc) is 2.80. The number of ether oxygens (including phenoxy) is 2. The van der Waals surface area contributed by atoms with Crippen LogP contribution in [0.5, 0.6) is 5.75 Å². The van der Waals surface area contributed by atoms with Gasteiger partial charge in [0.15, 0.2) is 0 Å². The molecular formula is C24H29BrN2O6.